The lowest BCUT2D eigenvalue weighted by molar-refractivity contribution is -0.155. The first-order valence-electron chi connectivity index (χ1n) is 10.0. The SMILES string of the molecule is CCC1(COCC2CCC(COCC3(CC)COC3)CC2)COC1. The second kappa shape index (κ2) is 8.48. The van der Waals surface area contributed by atoms with Crippen LogP contribution in [0.3, 0.4) is 0 Å². The molecule has 0 unspecified atom stereocenters. The van der Waals surface area contributed by atoms with Crippen LogP contribution >= 0.6 is 0 Å². The predicted octanol–water partition coefficient (Wildman–Crippen LogP) is 3.68. The van der Waals surface area contributed by atoms with Gasteiger partial charge in [0.25, 0.3) is 0 Å². The maximum Gasteiger partial charge on any atom is 0.0566 e. The Labute approximate surface area is 147 Å². The van der Waals surface area contributed by atoms with Crippen molar-refractivity contribution >= 4 is 0 Å². The van der Waals surface area contributed by atoms with E-state index in [0.29, 0.717) is 10.8 Å². The third-order valence-corrected chi connectivity index (χ3v) is 6.62. The average molecular weight is 341 g/mol. The fraction of sp³-hybridized carbons (Fsp3) is 1.00. The number of hydrogen-bond acceptors (Lipinski definition) is 4. The monoisotopic (exact) mass is 340 g/mol. The number of rotatable bonds is 10. The summed E-state index contributed by atoms with van der Waals surface area (Å²) in [5, 5.41) is 0. The molecule has 0 spiro atoms. The van der Waals surface area contributed by atoms with Crippen molar-refractivity contribution in [1.29, 1.82) is 0 Å². The Morgan fingerprint density at radius 1 is 0.708 bits per heavy atom. The molecule has 140 valence electrons. The molecule has 0 N–H and O–H groups in total. The maximum atomic E-state index is 6.04. The van der Waals surface area contributed by atoms with Gasteiger partial charge >= 0.3 is 0 Å². The van der Waals surface area contributed by atoms with Gasteiger partial charge in [-0.3, -0.25) is 0 Å². The molecule has 0 amide bonds. The van der Waals surface area contributed by atoms with E-state index in [1.54, 1.807) is 0 Å². The Bertz CT molecular complexity index is 321. The van der Waals surface area contributed by atoms with E-state index in [4.69, 9.17) is 18.9 Å². The van der Waals surface area contributed by atoms with Gasteiger partial charge in [-0.05, 0) is 50.4 Å². The largest absolute Gasteiger partial charge is 0.380 e. The highest BCUT2D eigenvalue weighted by Gasteiger charge is 2.38. The van der Waals surface area contributed by atoms with E-state index in [-0.39, 0.29) is 0 Å². The Morgan fingerprint density at radius 3 is 1.33 bits per heavy atom. The fourth-order valence-electron chi connectivity index (χ4n) is 4.01. The molecule has 1 saturated carbocycles. The molecule has 4 heteroatoms. The highest BCUT2D eigenvalue weighted by Crippen LogP contribution is 2.34. The molecule has 3 fully saturated rings. The van der Waals surface area contributed by atoms with Crippen molar-refractivity contribution in [3.8, 4) is 0 Å². The van der Waals surface area contributed by atoms with E-state index >= 15 is 0 Å². The quantitative estimate of drug-likeness (QED) is 0.608. The molecule has 0 aromatic heterocycles. The van der Waals surface area contributed by atoms with Crippen LogP contribution in [0.4, 0.5) is 0 Å². The normalized spacial score (nSPS) is 31.2. The van der Waals surface area contributed by atoms with Crippen LogP contribution in [0.15, 0.2) is 0 Å². The summed E-state index contributed by atoms with van der Waals surface area (Å²) in [5.74, 6) is 1.50. The van der Waals surface area contributed by atoms with Crippen molar-refractivity contribution in [1.82, 2.24) is 0 Å². The molecule has 4 nitrogen and oxygen atoms in total. The summed E-state index contributed by atoms with van der Waals surface area (Å²) in [7, 11) is 0. The van der Waals surface area contributed by atoms with Crippen molar-refractivity contribution in [3.63, 3.8) is 0 Å². The van der Waals surface area contributed by atoms with Gasteiger partial charge in [-0.2, -0.15) is 0 Å². The van der Waals surface area contributed by atoms with Crippen LogP contribution in [0, 0.1) is 22.7 Å². The molecule has 2 heterocycles. The summed E-state index contributed by atoms with van der Waals surface area (Å²) in [5.41, 5.74) is 0.650. The van der Waals surface area contributed by atoms with Crippen molar-refractivity contribution in [2.45, 2.75) is 52.4 Å². The van der Waals surface area contributed by atoms with Crippen molar-refractivity contribution in [3.05, 3.63) is 0 Å². The summed E-state index contributed by atoms with van der Waals surface area (Å²) in [6.07, 6.45) is 7.53. The topological polar surface area (TPSA) is 36.9 Å². The summed E-state index contributed by atoms with van der Waals surface area (Å²) >= 11 is 0. The van der Waals surface area contributed by atoms with Gasteiger partial charge in [-0.15, -0.1) is 0 Å². The van der Waals surface area contributed by atoms with Gasteiger partial charge in [-0.25, -0.2) is 0 Å². The van der Waals surface area contributed by atoms with E-state index in [2.05, 4.69) is 13.8 Å². The van der Waals surface area contributed by atoms with Crippen LogP contribution in [-0.4, -0.2) is 52.9 Å². The molecule has 0 aromatic carbocycles. The van der Waals surface area contributed by atoms with Crippen LogP contribution < -0.4 is 0 Å². The second-order valence-electron chi connectivity index (χ2n) is 8.61. The minimum absolute atomic E-state index is 0.325. The van der Waals surface area contributed by atoms with Gasteiger partial charge in [0.15, 0.2) is 0 Å². The molecule has 3 rings (SSSR count). The third kappa shape index (κ3) is 4.51. The van der Waals surface area contributed by atoms with Crippen LogP contribution in [0.2, 0.25) is 0 Å². The predicted molar refractivity (Wildman–Crippen MR) is 94.2 cm³/mol. The highest BCUT2D eigenvalue weighted by atomic mass is 16.5. The second-order valence-corrected chi connectivity index (χ2v) is 8.61. The summed E-state index contributed by atoms with van der Waals surface area (Å²) in [6, 6.07) is 0. The lowest BCUT2D eigenvalue weighted by Gasteiger charge is -2.41. The van der Waals surface area contributed by atoms with Crippen molar-refractivity contribution in [2.75, 3.05) is 52.9 Å². The van der Waals surface area contributed by atoms with Gasteiger partial charge in [0.1, 0.15) is 0 Å². The van der Waals surface area contributed by atoms with Crippen LogP contribution in [0.5, 0.6) is 0 Å². The summed E-state index contributed by atoms with van der Waals surface area (Å²) < 4.78 is 22.8. The molecule has 3 aliphatic rings. The zero-order valence-corrected chi connectivity index (χ0v) is 15.7. The molecule has 0 atom stereocenters. The Kier molecular flexibility index (Phi) is 6.58. The lowest BCUT2D eigenvalue weighted by atomic mass is 9.82. The number of ether oxygens (including phenoxy) is 4. The first-order chi connectivity index (χ1) is 11.7. The molecule has 2 aliphatic heterocycles. The van der Waals surface area contributed by atoms with Crippen LogP contribution in [-0.2, 0) is 18.9 Å². The summed E-state index contributed by atoms with van der Waals surface area (Å²) in [4.78, 5) is 0. The molecule has 0 radical (unpaired) electrons. The van der Waals surface area contributed by atoms with E-state index in [9.17, 15) is 0 Å². The van der Waals surface area contributed by atoms with Crippen LogP contribution in [0.25, 0.3) is 0 Å². The molecule has 2 saturated heterocycles. The zero-order chi connectivity index (χ0) is 16.9. The minimum atomic E-state index is 0.325. The van der Waals surface area contributed by atoms with Gasteiger partial charge < -0.3 is 18.9 Å². The highest BCUT2D eigenvalue weighted by molar-refractivity contribution is 4.85. The van der Waals surface area contributed by atoms with Gasteiger partial charge in [-0.1, -0.05) is 13.8 Å². The van der Waals surface area contributed by atoms with Crippen molar-refractivity contribution < 1.29 is 18.9 Å². The molecule has 1 aliphatic carbocycles. The van der Waals surface area contributed by atoms with E-state index in [1.807, 2.05) is 0 Å². The first-order valence-corrected chi connectivity index (χ1v) is 10.0. The molecular formula is C20H36O4. The van der Waals surface area contributed by atoms with Gasteiger partial charge in [0, 0.05) is 24.0 Å². The molecule has 24 heavy (non-hydrogen) atoms. The lowest BCUT2D eigenvalue weighted by Crippen LogP contribution is -2.46. The minimum Gasteiger partial charge on any atom is -0.380 e. The maximum absolute atomic E-state index is 6.04. The van der Waals surface area contributed by atoms with Crippen molar-refractivity contribution in [2.24, 2.45) is 22.7 Å². The number of hydrogen-bond donors (Lipinski definition) is 0. The summed E-state index contributed by atoms with van der Waals surface area (Å²) in [6.45, 7) is 11.7. The zero-order valence-electron chi connectivity index (χ0n) is 15.7. The first kappa shape index (κ1) is 18.6. The Hall–Kier alpha value is -0.160. The molecular weight excluding hydrogens is 304 g/mol. The smallest absolute Gasteiger partial charge is 0.0566 e. The Balaban J connectivity index is 1.24. The Morgan fingerprint density at radius 2 is 1.08 bits per heavy atom. The average Bonchev–Trinajstić information content (AvgIpc) is 2.54. The fourth-order valence-corrected chi connectivity index (χ4v) is 4.01. The third-order valence-electron chi connectivity index (χ3n) is 6.62. The van der Waals surface area contributed by atoms with Crippen LogP contribution in [0.1, 0.15) is 52.4 Å². The molecule has 0 aromatic rings. The van der Waals surface area contributed by atoms with E-state index in [1.165, 1.54) is 38.5 Å². The standard InChI is InChI=1S/C20H36O4/c1-3-19(13-23-14-19)11-21-9-17-5-7-18(8-6-17)10-22-12-20(4-2)15-24-16-20/h17-18H,3-16H2,1-2H3. The molecule has 0 bridgehead atoms. The van der Waals surface area contributed by atoms with Gasteiger partial charge in [0.2, 0.25) is 0 Å². The van der Waals surface area contributed by atoms with E-state index in [0.717, 1.165) is 64.7 Å². The van der Waals surface area contributed by atoms with E-state index < -0.39 is 0 Å². The van der Waals surface area contributed by atoms with Gasteiger partial charge in [0.05, 0.1) is 39.6 Å².